The van der Waals surface area contributed by atoms with Crippen molar-refractivity contribution in [3.05, 3.63) is 53.3 Å². The molecule has 2 aromatic rings. The fourth-order valence-corrected chi connectivity index (χ4v) is 2.27. The number of benzene rings is 1. The summed E-state index contributed by atoms with van der Waals surface area (Å²) in [5.74, 6) is -0.415. The number of pyridine rings is 1. The zero-order chi connectivity index (χ0) is 15.5. The van der Waals surface area contributed by atoms with E-state index < -0.39 is 15.9 Å². The van der Waals surface area contributed by atoms with E-state index in [0.29, 0.717) is 11.3 Å². The van der Waals surface area contributed by atoms with Crippen molar-refractivity contribution in [2.45, 2.75) is 0 Å². The number of carbonyl (C=O) groups is 1. The molecular formula is C13H12ClN3O3S. The van der Waals surface area contributed by atoms with Crippen LogP contribution in [0.1, 0.15) is 10.4 Å². The van der Waals surface area contributed by atoms with Crippen LogP contribution in [-0.4, -0.2) is 25.6 Å². The third kappa shape index (κ3) is 4.44. The highest BCUT2D eigenvalue weighted by atomic mass is 35.5. The van der Waals surface area contributed by atoms with Gasteiger partial charge < -0.3 is 5.32 Å². The van der Waals surface area contributed by atoms with Gasteiger partial charge in [0.25, 0.3) is 5.91 Å². The fourth-order valence-electron chi connectivity index (χ4n) is 1.59. The third-order valence-electron chi connectivity index (χ3n) is 2.46. The number of carbonyl (C=O) groups excluding carboxylic acids is 1. The van der Waals surface area contributed by atoms with E-state index in [1.807, 2.05) is 0 Å². The van der Waals surface area contributed by atoms with Gasteiger partial charge >= 0.3 is 0 Å². The van der Waals surface area contributed by atoms with Crippen LogP contribution < -0.4 is 10.0 Å². The average Bonchev–Trinajstić information content (AvgIpc) is 2.40. The Hall–Kier alpha value is -2.12. The molecule has 8 heteroatoms. The summed E-state index contributed by atoms with van der Waals surface area (Å²) in [4.78, 5) is 15.9. The maximum absolute atomic E-state index is 12.1. The van der Waals surface area contributed by atoms with E-state index in [-0.39, 0.29) is 10.8 Å². The molecule has 110 valence electrons. The summed E-state index contributed by atoms with van der Waals surface area (Å²) < 4.78 is 24.9. The molecule has 2 rings (SSSR count). The highest BCUT2D eigenvalue weighted by Crippen LogP contribution is 2.22. The molecule has 0 aliphatic heterocycles. The summed E-state index contributed by atoms with van der Waals surface area (Å²) >= 11 is 5.65. The van der Waals surface area contributed by atoms with Gasteiger partial charge in [-0.2, -0.15) is 0 Å². The van der Waals surface area contributed by atoms with Gasteiger partial charge in [-0.3, -0.25) is 9.52 Å². The first kappa shape index (κ1) is 15.3. The van der Waals surface area contributed by atoms with Gasteiger partial charge in [0.15, 0.2) is 0 Å². The largest absolute Gasteiger partial charge is 0.320 e. The molecule has 0 aliphatic rings. The Bertz CT molecular complexity index is 760. The minimum absolute atomic E-state index is 0.283. The lowest BCUT2D eigenvalue weighted by Crippen LogP contribution is -2.16. The van der Waals surface area contributed by atoms with Crippen molar-refractivity contribution >= 4 is 38.9 Å². The van der Waals surface area contributed by atoms with Gasteiger partial charge in [-0.25, -0.2) is 13.4 Å². The number of hydrogen-bond donors (Lipinski definition) is 2. The second-order valence-electron chi connectivity index (χ2n) is 4.24. The van der Waals surface area contributed by atoms with Crippen molar-refractivity contribution in [2.75, 3.05) is 16.3 Å². The Morgan fingerprint density at radius 2 is 1.81 bits per heavy atom. The fraction of sp³-hybridized carbons (Fsp3) is 0.0769. The number of halogens is 1. The van der Waals surface area contributed by atoms with E-state index in [9.17, 15) is 13.2 Å². The molecule has 1 heterocycles. The van der Waals surface area contributed by atoms with Crippen molar-refractivity contribution in [3.63, 3.8) is 0 Å². The Kier molecular flexibility index (Phi) is 4.44. The summed E-state index contributed by atoms with van der Waals surface area (Å²) in [6.07, 6.45) is 2.37. The normalized spacial score (nSPS) is 11.0. The lowest BCUT2D eigenvalue weighted by molar-refractivity contribution is 0.102. The standard InChI is InChI=1S/C13H12ClN3O3S/c1-21(19,20)17-11-5-3-2-4-10(11)16-13(18)9-6-7-12(14)15-8-9/h2-8,17H,1H3,(H,16,18). The lowest BCUT2D eigenvalue weighted by Gasteiger charge is -2.11. The molecule has 0 radical (unpaired) electrons. The van der Waals surface area contributed by atoms with E-state index in [1.54, 1.807) is 24.3 Å². The van der Waals surface area contributed by atoms with E-state index in [4.69, 9.17) is 11.6 Å². The lowest BCUT2D eigenvalue weighted by atomic mass is 10.2. The van der Waals surface area contributed by atoms with Gasteiger partial charge in [0.1, 0.15) is 5.15 Å². The highest BCUT2D eigenvalue weighted by Gasteiger charge is 2.11. The van der Waals surface area contributed by atoms with Crippen LogP contribution in [0, 0.1) is 0 Å². The number of nitrogens with one attached hydrogen (secondary N) is 2. The molecule has 2 N–H and O–H groups in total. The van der Waals surface area contributed by atoms with Gasteiger partial charge in [-0.05, 0) is 24.3 Å². The summed E-state index contributed by atoms with van der Waals surface area (Å²) in [5.41, 5.74) is 0.951. The third-order valence-corrected chi connectivity index (χ3v) is 3.27. The Morgan fingerprint density at radius 1 is 1.14 bits per heavy atom. The molecule has 0 aliphatic carbocycles. The van der Waals surface area contributed by atoms with Crippen molar-refractivity contribution < 1.29 is 13.2 Å². The van der Waals surface area contributed by atoms with Crippen molar-refractivity contribution in [1.29, 1.82) is 0 Å². The quantitative estimate of drug-likeness (QED) is 0.845. The summed E-state index contributed by atoms with van der Waals surface area (Å²) in [5, 5.41) is 2.90. The first-order valence-corrected chi connectivity index (χ1v) is 8.12. The topological polar surface area (TPSA) is 88.2 Å². The molecule has 0 saturated carbocycles. The van der Waals surface area contributed by atoms with Crippen molar-refractivity contribution in [2.24, 2.45) is 0 Å². The Balaban J connectivity index is 2.23. The monoisotopic (exact) mass is 325 g/mol. The number of sulfonamides is 1. The Morgan fingerprint density at radius 3 is 2.38 bits per heavy atom. The van der Waals surface area contributed by atoms with Crippen LogP contribution in [0.5, 0.6) is 0 Å². The van der Waals surface area contributed by atoms with Gasteiger partial charge in [-0.1, -0.05) is 23.7 Å². The van der Waals surface area contributed by atoms with Crippen LogP contribution in [-0.2, 0) is 10.0 Å². The van der Waals surface area contributed by atoms with Crippen LogP contribution in [0.2, 0.25) is 5.15 Å². The summed E-state index contributed by atoms with van der Waals surface area (Å²) in [6, 6.07) is 9.51. The van der Waals surface area contributed by atoms with Gasteiger partial charge in [0.05, 0.1) is 23.2 Å². The molecule has 1 aromatic heterocycles. The zero-order valence-electron chi connectivity index (χ0n) is 11.0. The van der Waals surface area contributed by atoms with E-state index in [1.165, 1.54) is 18.3 Å². The molecule has 21 heavy (non-hydrogen) atoms. The number of amides is 1. The molecular weight excluding hydrogens is 314 g/mol. The molecule has 0 spiro atoms. The second-order valence-corrected chi connectivity index (χ2v) is 6.38. The SMILES string of the molecule is CS(=O)(=O)Nc1ccccc1NC(=O)c1ccc(Cl)nc1. The van der Waals surface area contributed by atoms with Gasteiger partial charge in [0, 0.05) is 6.20 Å². The predicted molar refractivity (Wildman–Crippen MR) is 82.1 cm³/mol. The van der Waals surface area contributed by atoms with Crippen LogP contribution >= 0.6 is 11.6 Å². The number of para-hydroxylation sites is 2. The smallest absolute Gasteiger partial charge is 0.257 e. The molecule has 0 bridgehead atoms. The average molecular weight is 326 g/mol. The molecule has 0 atom stereocenters. The van der Waals surface area contributed by atoms with Crippen LogP contribution in [0.4, 0.5) is 11.4 Å². The number of anilines is 2. The first-order chi connectivity index (χ1) is 9.85. The minimum atomic E-state index is -3.44. The zero-order valence-corrected chi connectivity index (χ0v) is 12.6. The van der Waals surface area contributed by atoms with E-state index >= 15 is 0 Å². The predicted octanol–water partition coefficient (Wildman–Crippen LogP) is 2.36. The summed E-state index contributed by atoms with van der Waals surface area (Å²) in [6.45, 7) is 0. The maximum Gasteiger partial charge on any atom is 0.257 e. The molecule has 6 nitrogen and oxygen atoms in total. The number of aromatic nitrogens is 1. The molecule has 1 aromatic carbocycles. The highest BCUT2D eigenvalue weighted by molar-refractivity contribution is 7.92. The second kappa shape index (κ2) is 6.11. The van der Waals surface area contributed by atoms with Gasteiger partial charge in [0.2, 0.25) is 10.0 Å². The summed E-state index contributed by atoms with van der Waals surface area (Å²) in [7, 11) is -3.44. The van der Waals surface area contributed by atoms with Crippen LogP contribution in [0.15, 0.2) is 42.6 Å². The first-order valence-electron chi connectivity index (χ1n) is 5.85. The molecule has 0 unspecified atom stereocenters. The van der Waals surface area contributed by atoms with E-state index in [0.717, 1.165) is 6.26 Å². The molecule has 0 fully saturated rings. The van der Waals surface area contributed by atoms with Gasteiger partial charge in [-0.15, -0.1) is 0 Å². The van der Waals surface area contributed by atoms with Crippen LogP contribution in [0.25, 0.3) is 0 Å². The molecule has 1 amide bonds. The maximum atomic E-state index is 12.1. The molecule has 0 saturated heterocycles. The van der Waals surface area contributed by atoms with E-state index in [2.05, 4.69) is 15.0 Å². The van der Waals surface area contributed by atoms with Crippen LogP contribution in [0.3, 0.4) is 0 Å². The number of nitrogens with zero attached hydrogens (tertiary/aromatic N) is 1. The number of hydrogen-bond acceptors (Lipinski definition) is 4. The van der Waals surface area contributed by atoms with Crippen molar-refractivity contribution in [1.82, 2.24) is 4.98 Å². The number of rotatable bonds is 4. The minimum Gasteiger partial charge on any atom is -0.320 e. The Labute approximate surface area is 127 Å². The van der Waals surface area contributed by atoms with Crippen molar-refractivity contribution in [3.8, 4) is 0 Å².